The Balaban J connectivity index is 1.63. The molecule has 1 aliphatic heterocycles. The van der Waals surface area contributed by atoms with E-state index in [2.05, 4.69) is 10.3 Å². The Morgan fingerprint density at radius 3 is 2.58 bits per heavy atom. The molecule has 118 valence electrons. The lowest BCUT2D eigenvalue weighted by Crippen LogP contribution is -2.44. The van der Waals surface area contributed by atoms with Crippen LogP contribution < -0.4 is 5.32 Å². The van der Waals surface area contributed by atoms with E-state index in [1.807, 2.05) is 53.4 Å². The van der Waals surface area contributed by atoms with Gasteiger partial charge in [0.15, 0.2) is 0 Å². The molecule has 1 aliphatic carbocycles. The summed E-state index contributed by atoms with van der Waals surface area (Å²) in [6.45, 7) is 0. The summed E-state index contributed by atoms with van der Waals surface area (Å²) in [6.07, 6.45) is 3.61. The van der Waals surface area contributed by atoms with Crippen LogP contribution in [0.25, 0.3) is 11.0 Å². The largest absolute Gasteiger partial charge is 0.359 e. The molecule has 2 heterocycles. The van der Waals surface area contributed by atoms with Gasteiger partial charge in [0.1, 0.15) is 11.9 Å². The monoisotopic (exact) mass is 316 g/mol. The van der Waals surface area contributed by atoms with Crippen molar-refractivity contribution in [1.82, 2.24) is 14.9 Å². The molecule has 1 N–H and O–H groups in total. The van der Waals surface area contributed by atoms with E-state index < -0.39 is 0 Å². The molecule has 1 amide bonds. The van der Waals surface area contributed by atoms with Crippen molar-refractivity contribution in [3.05, 3.63) is 66.0 Å². The van der Waals surface area contributed by atoms with Crippen LogP contribution in [0, 0.1) is 0 Å². The SMILES string of the molecule is O=C1c2ccccc2NC(c2cnc3ccccc3n2)N1C1CC1. The highest BCUT2D eigenvalue weighted by Gasteiger charge is 2.42. The molecule has 3 aromatic rings. The molecule has 5 heteroatoms. The molecular formula is C19H16N4O. The lowest BCUT2D eigenvalue weighted by molar-refractivity contribution is 0.0662. The van der Waals surface area contributed by atoms with Crippen molar-refractivity contribution in [3.8, 4) is 0 Å². The van der Waals surface area contributed by atoms with Crippen LogP contribution in [0.2, 0.25) is 0 Å². The quantitative estimate of drug-likeness (QED) is 0.787. The van der Waals surface area contributed by atoms with Crippen molar-refractivity contribution < 1.29 is 4.79 Å². The summed E-state index contributed by atoms with van der Waals surface area (Å²) in [5, 5.41) is 3.48. The summed E-state index contributed by atoms with van der Waals surface area (Å²) in [5.74, 6) is 0.0757. The number of benzene rings is 2. The van der Waals surface area contributed by atoms with E-state index >= 15 is 0 Å². The number of hydrogen-bond acceptors (Lipinski definition) is 4. The van der Waals surface area contributed by atoms with E-state index in [9.17, 15) is 4.79 Å². The molecule has 1 atom stereocenters. The molecule has 1 saturated carbocycles. The van der Waals surface area contributed by atoms with Crippen molar-refractivity contribution in [2.75, 3.05) is 5.32 Å². The number of nitrogens with zero attached hydrogens (tertiary/aromatic N) is 3. The van der Waals surface area contributed by atoms with Crippen molar-refractivity contribution in [3.63, 3.8) is 0 Å². The molecule has 1 unspecified atom stereocenters. The third-order valence-electron chi connectivity index (χ3n) is 4.65. The first-order valence-corrected chi connectivity index (χ1v) is 8.21. The zero-order valence-electron chi connectivity index (χ0n) is 13.0. The highest BCUT2D eigenvalue weighted by Crippen LogP contribution is 2.40. The van der Waals surface area contributed by atoms with Gasteiger partial charge in [-0.05, 0) is 37.1 Å². The summed E-state index contributed by atoms with van der Waals surface area (Å²) in [4.78, 5) is 24.2. The smallest absolute Gasteiger partial charge is 0.258 e. The van der Waals surface area contributed by atoms with Gasteiger partial charge in [0.05, 0.1) is 22.8 Å². The first kappa shape index (κ1) is 13.5. The minimum absolute atomic E-state index is 0.0757. The van der Waals surface area contributed by atoms with Crippen LogP contribution in [0.4, 0.5) is 5.69 Å². The maximum atomic E-state index is 13.0. The minimum atomic E-state index is -0.267. The summed E-state index contributed by atoms with van der Waals surface area (Å²) in [6, 6.07) is 15.7. The predicted molar refractivity (Wildman–Crippen MR) is 91.5 cm³/mol. The van der Waals surface area contributed by atoms with Gasteiger partial charge in [-0.2, -0.15) is 0 Å². The van der Waals surface area contributed by atoms with Crippen LogP contribution in [0.3, 0.4) is 0 Å². The summed E-state index contributed by atoms with van der Waals surface area (Å²) in [5.41, 5.74) is 4.08. The van der Waals surface area contributed by atoms with Crippen molar-refractivity contribution in [1.29, 1.82) is 0 Å². The Kier molecular flexibility index (Phi) is 2.82. The summed E-state index contributed by atoms with van der Waals surface area (Å²) in [7, 11) is 0. The maximum Gasteiger partial charge on any atom is 0.258 e. The normalized spacial score (nSPS) is 19.9. The Morgan fingerprint density at radius 1 is 1.00 bits per heavy atom. The van der Waals surface area contributed by atoms with Crippen LogP contribution in [0.1, 0.15) is 35.1 Å². The molecule has 2 aliphatic rings. The van der Waals surface area contributed by atoms with E-state index in [1.165, 1.54) is 0 Å². The van der Waals surface area contributed by atoms with Crippen LogP contribution in [-0.4, -0.2) is 26.8 Å². The van der Waals surface area contributed by atoms with Gasteiger partial charge in [0, 0.05) is 11.7 Å². The van der Waals surface area contributed by atoms with Gasteiger partial charge < -0.3 is 10.2 Å². The fourth-order valence-electron chi connectivity index (χ4n) is 3.32. The topological polar surface area (TPSA) is 58.1 Å². The van der Waals surface area contributed by atoms with Crippen LogP contribution in [0.15, 0.2) is 54.7 Å². The lowest BCUT2D eigenvalue weighted by Gasteiger charge is -2.37. The number of carbonyl (C=O) groups is 1. The fraction of sp³-hybridized carbons (Fsp3) is 0.211. The first-order chi connectivity index (χ1) is 11.8. The third-order valence-corrected chi connectivity index (χ3v) is 4.65. The average Bonchev–Trinajstić information content (AvgIpc) is 3.46. The van der Waals surface area contributed by atoms with Crippen molar-refractivity contribution >= 4 is 22.6 Å². The molecular weight excluding hydrogens is 300 g/mol. The number of rotatable bonds is 2. The molecule has 2 aromatic carbocycles. The van der Waals surface area contributed by atoms with E-state index in [1.54, 1.807) is 6.20 Å². The van der Waals surface area contributed by atoms with Gasteiger partial charge >= 0.3 is 0 Å². The van der Waals surface area contributed by atoms with Crippen LogP contribution >= 0.6 is 0 Å². The van der Waals surface area contributed by atoms with E-state index in [0.29, 0.717) is 0 Å². The highest BCUT2D eigenvalue weighted by atomic mass is 16.2. The molecule has 0 radical (unpaired) electrons. The maximum absolute atomic E-state index is 13.0. The van der Waals surface area contributed by atoms with Gasteiger partial charge in [-0.1, -0.05) is 24.3 Å². The fourth-order valence-corrected chi connectivity index (χ4v) is 3.32. The number of aromatic nitrogens is 2. The standard InChI is InChI=1S/C19H16N4O/c24-19-13-5-1-2-6-14(13)22-18(23(19)12-9-10-12)17-11-20-15-7-3-4-8-16(15)21-17/h1-8,11-12,18,22H,9-10H2. The number of para-hydroxylation sites is 3. The zero-order valence-corrected chi connectivity index (χ0v) is 13.0. The van der Waals surface area contributed by atoms with E-state index in [0.717, 1.165) is 40.8 Å². The molecule has 1 aromatic heterocycles. The van der Waals surface area contributed by atoms with Gasteiger partial charge in [0.25, 0.3) is 5.91 Å². The second-order valence-electron chi connectivity index (χ2n) is 6.32. The molecule has 5 rings (SSSR count). The van der Waals surface area contributed by atoms with Gasteiger partial charge in [0.2, 0.25) is 0 Å². The number of hydrogen-bond donors (Lipinski definition) is 1. The Morgan fingerprint density at radius 2 is 1.75 bits per heavy atom. The Bertz CT molecular complexity index is 951. The molecule has 0 bridgehead atoms. The van der Waals surface area contributed by atoms with Gasteiger partial charge in [-0.25, -0.2) is 4.98 Å². The predicted octanol–water partition coefficient (Wildman–Crippen LogP) is 3.36. The molecule has 0 saturated heterocycles. The second-order valence-corrected chi connectivity index (χ2v) is 6.32. The van der Waals surface area contributed by atoms with Crippen molar-refractivity contribution in [2.45, 2.75) is 25.0 Å². The lowest BCUT2D eigenvalue weighted by atomic mass is 10.1. The van der Waals surface area contributed by atoms with Gasteiger partial charge in [-0.3, -0.25) is 9.78 Å². The number of carbonyl (C=O) groups excluding carboxylic acids is 1. The Hall–Kier alpha value is -2.95. The zero-order chi connectivity index (χ0) is 16.1. The molecule has 0 spiro atoms. The molecule has 1 fully saturated rings. The molecule has 24 heavy (non-hydrogen) atoms. The minimum Gasteiger partial charge on any atom is -0.359 e. The van der Waals surface area contributed by atoms with Gasteiger partial charge in [-0.15, -0.1) is 0 Å². The summed E-state index contributed by atoms with van der Waals surface area (Å²) < 4.78 is 0. The average molecular weight is 316 g/mol. The number of nitrogens with one attached hydrogen (secondary N) is 1. The number of fused-ring (bicyclic) bond motifs is 2. The summed E-state index contributed by atoms with van der Waals surface area (Å²) >= 11 is 0. The Labute approximate surface area is 139 Å². The van der Waals surface area contributed by atoms with Crippen LogP contribution in [0.5, 0.6) is 0 Å². The number of amides is 1. The molecule has 5 nitrogen and oxygen atoms in total. The third kappa shape index (κ3) is 2.05. The first-order valence-electron chi connectivity index (χ1n) is 8.21. The number of anilines is 1. The highest BCUT2D eigenvalue weighted by molar-refractivity contribution is 6.02. The van der Waals surface area contributed by atoms with Crippen molar-refractivity contribution in [2.24, 2.45) is 0 Å². The van der Waals surface area contributed by atoms with E-state index in [4.69, 9.17) is 4.98 Å². The van der Waals surface area contributed by atoms with E-state index in [-0.39, 0.29) is 18.1 Å². The second kappa shape index (κ2) is 5.03. The van der Waals surface area contributed by atoms with Crippen LogP contribution in [-0.2, 0) is 0 Å².